The molecule has 1 aromatic carbocycles. The van der Waals surface area contributed by atoms with Crippen LogP contribution < -0.4 is 0 Å². The number of aromatic carboxylic acids is 1. The van der Waals surface area contributed by atoms with Crippen LogP contribution in [0.4, 0.5) is 0 Å². The molecular weight excluding hydrogens is 254 g/mol. The summed E-state index contributed by atoms with van der Waals surface area (Å²) >= 11 is 0. The van der Waals surface area contributed by atoms with Crippen LogP contribution in [-0.2, 0) is 0 Å². The predicted octanol–water partition coefficient (Wildman–Crippen LogP) is 3.12. The van der Waals surface area contributed by atoms with Gasteiger partial charge in [-0.3, -0.25) is 4.79 Å². The van der Waals surface area contributed by atoms with Crippen molar-refractivity contribution in [3.63, 3.8) is 0 Å². The Morgan fingerprint density at radius 2 is 1.65 bits per heavy atom. The highest BCUT2D eigenvalue weighted by Gasteiger charge is 2.24. The van der Waals surface area contributed by atoms with E-state index in [-0.39, 0.29) is 11.5 Å². The van der Waals surface area contributed by atoms with Crippen LogP contribution in [-0.4, -0.2) is 35.0 Å². The van der Waals surface area contributed by atoms with Crippen molar-refractivity contribution in [2.24, 2.45) is 5.92 Å². The fourth-order valence-corrected chi connectivity index (χ4v) is 2.32. The average molecular weight is 277 g/mol. The Balaban J connectivity index is 3.34. The van der Waals surface area contributed by atoms with Crippen molar-refractivity contribution in [2.45, 2.75) is 34.6 Å². The van der Waals surface area contributed by atoms with E-state index in [1.165, 1.54) is 0 Å². The second-order valence-corrected chi connectivity index (χ2v) is 5.49. The van der Waals surface area contributed by atoms with Gasteiger partial charge >= 0.3 is 5.97 Å². The van der Waals surface area contributed by atoms with Gasteiger partial charge in [-0.1, -0.05) is 26.0 Å². The molecule has 4 heteroatoms. The molecule has 0 saturated carbocycles. The van der Waals surface area contributed by atoms with Gasteiger partial charge in [0.2, 0.25) is 0 Å². The van der Waals surface area contributed by atoms with E-state index >= 15 is 0 Å². The number of hydrogen-bond acceptors (Lipinski definition) is 2. The van der Waals surface area contributed by atoms with Gasteiger partial charge in [0, 0.05) is 13.1 Å². The van der Waals surface area contributed by atoms with Gasteiger partial charge in [0.05, 0.1) is 11.1 Å². The number of carbonyl (C=O) groups excluding carboxylic acids is 1. The summed E-state index contributed by atoms with van der Waals surface area (Å²) in [4.78, 5) is 25.8. The first-order valence-corrected chi connectivity index (χ1v) is 6.92. The molecule has 0 spiro atoms. The van der Waals surface area contributed by atoms with Gasteiger partial charge < -0.3 is 10.0 Å². The second-order valence-electron chi connectivity index (χ2n) is 5.49. The summed E-state index contributed by atoms with van der Waals surface area (Å²) in [7, 11) is 0. The Morgan fingerprint density at radius 3 is 2.05 bits per heavy atom. The summed E-state index contributed by atoms with van der Waals surface area (Å²) in [6, 6.07) is 3.55. The smallest absolute Gasteiger partial charge is 0.336 e. The van der Waals surface area contributed by atoms with E-state index in [4.69, 9.17) is 0 Å². The number of aryl methyl sites for hydroxylation is 2. The van der Waals surface area contributed by atoms with E-state index in [0.717, 1.165) is 0 Å². The molecule has 0 aromatic heterocycles. The third-order valence-corrected chi connectivity index (χ3v) is 3.30. The van der Waals surface area contributed by atoms with Gasteiger partial charge in [0.15, 0.2) is 0 Å². The molecule has 0 aliphatic heterocycles. The van der Waals surface area contributed by atoms with Crippen LogP contribution in [0.15, 0.2) is 12.1 Å². The van der Waals surface area contributed by atoms with Crippen LogP contribution in [0, 0.1) is 19.8 Å². The normalized spacial score (nSPS) is 10.7. The molecule has 0 fully saturated rings. The third kappa shape index (κ3) is 3.38. The number of carboxylic acids is 1. The van der Waals surface area contributed by atoms with Crippen LogP contribution >= 0.6 is 0 Å². The summed E-state index contributed by atoms with van der Waals surface area (Å²) in [5.74, 6) is -0.896. The van der Waals surface area contributed by atoms with Gasteiger partial charge in [-0.05, 0) is 37.8 Å². The number of benzene rings is 1. The minimum absolute atomic E-state index is 0.122. The number of nitrogens with zero attached hydrogens (tertiary/aromatic N) is 1. The van der Waals surface area contributed by atoms with Crippen molar-refractivity contribution >= 4 is 11.9 Å². The maximum atomic E-state index is 12.7. The molecule has 20 heavy (non-hydrogen) atoms. The molecule has 0 heterocycles. The monoisotopic (exact) mass is 277 g/mol. The fraction of sp³-hybridized carbons (Fsp3) is 0.500. The van der Waals surface area contributed by atoms with E-state index in [1.54, 1.807) is 30.9 Å². The van der Waals surface area contributed by atoms with Crippen molar-refractivity contribution < 1.29 is 14.7 Å². The molecule has 1 aromatic rings. The molecule has 1 rings (SSSR count). The van der Waals surface area contributed by atoms with Crippen molar-refractivity contribution in [2.75, 3.05) is 13.1 Å². The van der Waals surface area contributed by atoms with Gasteiger partial charge in [-0.25, -0.2) is 4.79 Å². The van der Waals surface area contributed by atoms with Crippen molar-refractivity contribution in [1.29, 1.82) is 0 Å². The van der Waals surface area contributed by atoms with Crippen LogP contribution in [0.5, 0.6) is 0 Å². The van der Waals surface area contributed by atoms with Gasteiger partial charge in [0.25, 0.3) is 5.91 Å². The summed E-state index contributed by atoms with van der Waals surface area (Å²) < 4.78 is 0. The Hall–Kier alpha value is -1.84. The van der Waals surface area contributed by atoms with E-state index in [1.807, 2.05) is 20.8 Å². The summed E-state index contributed by atoms with van der Waals surface area (Å²) in [5.41, 5.74) is 1.77. The minimum atomic E-state index is -1.05. The minimum Gasteiger partial charge on any atom is -0.478 e. The van der Waals surface area contributed by atoms with Crippen molar-refractivity contribution in [1.82, 2.24) is 4.90 Å². The lowest BCUT2D eigenvalue weighted by atomic mass is 9.96. The van der Waals surface area contributed by atoms with Crippen LogP contribution in [0.2, 0.25) is 0 Å². The SMILES string of the molecule is CCN(CC(C)C)C(=O)c1c(C)ccc(C)c1C(=O)O. The summed E-state index contributed by atoms with van der Waals surface area (Å²) in [6.07, 6.45) is 0. The lowest BCUT2D eigenvalue weighted by Gasteiger charge is -2.25. The first-order chi connectivity index (χ1) is 9.29. The average Bonchev–Trinajstić information content (AvgIpc) is 2.36. The third-order valence-electron chi connectivity index (χ3n) is 3.30. The Kier molecular flexibility index (Phi) is 5.31. The number of carboxylic acid groups (broad SMARTS) is 1. The number of rotatable bonds is 5. The predicted molar refractivity (Wildman–Crippen MR) is 79.3 cm³/mol. The van der Waals surface area contributed by atoms with Crippen LogP contribution in [0.3, 0.4) is 0 Å². The zero-order chi connectivity index (χ0) is 15.4. The lowest BCUT2D eigenvalue weighted by molar-refractivity contribution is 0.0671. The molecule has 1 amide bonds. The number of hydrogen-bond donors (Lipinski definition) is 1. The van der Waals surface area contributed by atoms with Crippen molar-refractivity contribution in [3.05, 3.63) is 34.4 Å². The van der Waals surface area contributed by atoms with Crippen LogP contribution in [0.25, 0.3) is 0 Å². The molecule has 110 valence electrons. The molecule has 0 radical (unpaired) electrons. The highest BCUT2D eigenvalue weighted by molar-refractivity contribution is 6.06. The maximum Gasteiger partial charge on any atom is 0.336 e. The van der Waals surface area contributed by atoms with Gasteiger partial charge in [-0.2, -0.15) is 0 Å². The first kappa shape index (κ1) is 16.2. The Bertz CT molecular complexity index is 521. The summed E-state index contributed by atoms with van der Waals surface area (Å²) in [6.45, 7) is 10.7. The lowest BCUT2D eigenvalue weighted by Crippen LogP contribution is -2.35. The Labute approximate surface area is 120 Å². The maximum absolute atomic E-state index is 12.7. The molecule has 1 N–H and O–H groups in total. The summed E-state index contributed by atoms with van der Waals surface area (Å²) in [5, 5.41) is 9.39. The number of amides is 1. The largest absolute Gasteiger partial charge is 0.478 e. The standard InChI is InChI=1S/C16H23NO3/c1-6-17(9-10(2)3)15(18)13-11(4)7-8-12(5)14(13)16(19)20/h7-8,10H,6,9H2,1-5H3,(H,19,20). The highest BCUT2D eigenvalue weighted by atomic mass is 16.4. The number of carbonyl (C=O) groups is 2. The topological polar surface area (TPSA) is 57.6 Å². The first-order valence-electron chi connectivity index (χ1n) is 6.92. The molecule has 0 aliphatic carbocycles. The van der Waals surface area contributed by atoms with Crippen molar-refractivity contribution in [3.8, 4) is 0 Å². The fourth-order valence-electron chi connectivity index (χ4n) is 2.32. The molecule has 0 unspecified atom stereocenters. The quantitative estimate of drug-likeness (QED) is 0.899. The molecule has 4 nitrogen and oxygen atoms in total. The van der Waals surface area contributed by atoms with Gasteiger partial charge in [0.1, 0.15) is 0 Å². The molecular formula is C16H23NO3. The van der Waals surface area contributed by atoms with E-state index in [0.29, 0.717) is 35.7 Å². The Morgan fingerprint density at radius 1 is 1.15 bits per heavy atom. The van der Waals surface area contributed by atoms with E-state index < -0.39 is 5.97 Å². The molecule has 0 saturated heterocycles. The second kappa shape index (κ2) is 6.55. The highest BCUT2D eigenvalue weighted by Crippen LogP contribution is 2.21. The van der Waals surface area contributed by atoms with E-state index in [2.05, 4.69) is 0 Å². The molecule has 0 aliphatic rings. The van der Waals surface area contributed by atoms with E-state index in [9.17, 15) is 14.7 Å². The molecule has 0 atom stereocenters. The zero-order valence-electron chi connectivity index (χ0n) is 12.9. The van der Waals surface area contributed by atoms with Gasteiger partial charge in [-0.15, -0.1) is 0 Å². The van der Waals surface area contributed by atoms with Crippen LogP contribution in [0.1, 0.15) is 52.6 Å². The molecule has 0 bridgehead atoms. The zero-order valence-corrected chi connectivity index (χ0v) is 12.9.